The second kappa shape index (κ2) is 5.33. The Hall–Kier alpha value is -3.14. The van der Waals surface area contributed by atoms with Gasteiger partial charge in [-0.1, -0.05) is 24.3 Å². The highest BCUT2D eigenvalue weighted by Crippen LogP contribution is 2.23. The quantitative estimate of drug-likeness (QED) is 0.566. The van der Waals surface area contributed by atoms with E-state index in [9.17, 15) is 0 Å². The molecule has 2 aromatic carbocycles. The Morgan fingerprint density at radius 3 is 2.55 bits per heavy atom. The smallest absolute Gasteiger partial charge is 0.219 e. The predicted molar refractivity (Wildman–Crippen MR) is 85.4 cm³/mol. The summed E-state index contributed by atoms with van der Waals surface area (Å²) in [4.78, 5) is 4.58. The van der Waals surface area contributed by atoms with Crippen molar-refractivity contribution in [2.75, 3.05) is 0 Å². The summed E-state index contributed by atoms with van der Waals surface area (Å²) in [5.74, 6) is 1.36. The third kappa shape index (κ3) is 2.42. The Morgan fingerprint density at radius 2 is 1.73 bits per heavy atom. The first-order valence-electron chi connectivity index (χ1n) is 7.02. The van der Waals surface area contributed by atoms with Gasteiger partial charge in [-0.15, -0.1) is 0 Å². The van der Waals surface area contributed by atoms with Gasteiger partial charge in [0.15, 0.2) is 0 Å². The molecule has 0 atom stereocenters. The van der Waals surface area contributed by atoms with Gasteiger partial charge in [0.05, 0.1) is 11.2 Å². The summed E-state index contributed by atoms with van der Waals surface area (Å²) in [6.45, 7) is 0. The van der Waals surface area contributed by atoms with Gasteiger partial charge in [-0.25, -0.2) is 9.67 Å². The maximum Gasteiger partial charge on any atom is 0.219 e. The van der Waals surface area contributed by atoms with E-state index in [0.29, 0.717) is 5.88 Å². The lowest BCUT2D eigenvalue weighted by atomic mass is 10.2. The zero-order valence-electron chi connectivity index (χ0n) is 11.8. The number of benzene rings is 2. The minimum atomic E-state index is 0.580. The van der Waals surface area contributed by atoms with Gasteiger partial charge in [-0.3, -0.25) is 0 Å². The maximum absolute atomic E-state index is 5.78. The van der Waals surface area contributed by atoms with Crippen molar-refractivity contribution in [3.8, 4) is 17.3 Å². The summed E-state index contributed by atoms with van der Waals surface area (Å²) in [6, 6.07) is 21.5. The second-order valence-corrected chi connectivity index (χ2v) is 4.89. The molecule has 0 spiro atoms. The average Bonchev–Trinajstić information content (AvgIpc) is 3.10. The lowest BCUT2D eigenvalue weighted by Crippen LogP contribution is -1.95. The van der Waals surface area contributed by atoms with E-state index in [1.807, 2.05) is 77.6 Å². The van der Waals surface area contributed by atoms with Gasteiger partial charge >= 0.3 is 0 Å². The van der Waals surface area contributed by atoms with Gasteiger partial charge < -0.3 is 4.74 Å². The van der Waals surface area contributed by atoms with E-state index in [2.05, 4.69) is 10.1 Å². The average molecular weight is 287 g/mol. The molecule has 4 heteroatoms. The minimum Gasteiger partial charge on any atom is -0.439 e. The highest BCUT2D eigenvalue weighted by Gasteiger charge is 2.03. The van der Waals surface area contributed by atoms with Crippen molar-refractivity contribution in [2.24, 2.45) is 0 Å². The number of fused-ring (bicyclic) bond motifs is 1. The molecule has 0 fully saturated rings. The van der Waals surface area contributed by atoms with Crippen LogP contribution in [0.15, 0.2) is 79.1 Å². The number of hydrogen-bond donors (Lipinski definition) is 0. The number of pyridine rings is 1. The summed E-state index contributed by atoms with van der Waals surface area (Å²) < 4.78 is 7.59. The van der Waals surface area contributed by atoms with E-state index >= 15 is 0 Å². The van der Waals surface area contributed by atoms with Gasteiger partial charge in [0, 0.05) is 23.8 Å². The zero-order valence-corrected chi connectivity index (χ0v) is 11.8. The highest BCUT2D eigenvalue weighted by molar-refractivity contribution is 5.81. The molecule has 106 valence electrons. The summed E-state index contributed by atoms with van der Waals surface area (Å²) in [5, 5.41) is 5.31. The largest absolute Gasteiger partial charge is 0.439 e. The molecule has 4 aromatic rings. The van der Waals surface area contributed by atoms with Crippen LogP contribution in [0.2, 0.25) is 0 Å². The fourth-order valence-corrected chi connectivity index (χ4v) is 2.32. The maximum atomic E-state index is 5.78. The van der Waals surface area contributed by atoms with Crippen LogP contribution in [0.1, 0.15) is 0 Å². The number of rotatable bonds is 3. The fourth-order valence-electron chi connectivity index (χ4n) is 2.32. The van der Waals surface area contributed by atoms with Crippen LogP contribution < -0.4 is 4.74 Å². The van der Waals surface area contributed by atoms with Crippen LogP contribution in [0.3, 0.4) is 0 Å². The number of ether oxygens (including phenoxy) is 1. The lowest BCUT2D eigenvalue weighted by molar-refractivity contribution is 0.465. The topological polar surface area (TPSA) is 39.9 Å². The van der Waals surface area contributed by atoms with Crippen LogP contribution in [0.25, 0.3) is 16.6 Å². The van der Waals surface area contributed by atoms with Crippen molar-refractivity contribution >= 4 is 10.9 Å². The molecule has 0 saturated heterocycles. The Labute approximate surface area is 127 Å². The van der Waals surface area contributed by atoms with Gasteiger partial charge in [-0.05, 0) is 36.4 Å². The molecule has 22 heavy (non-hydrogen) atoms. The molecule has 0 aliphatic rings. The van der Waals surface area contributed by atoms with E-state index in [0.717, 1.165) is 22.3 Å². The van der Waals surface area contributed by atoms with Crippen LogP contribution in [0, 0.1) is 0 Å². The van der Waals surface area contributed by atoms with Crippen LogP contribution in [0.4, 0.5) is 0 Å². The predicted octanol–water partition coefficient (Wildman–Crippen LogP) is 4.21. The molecule has 4 nitrogen and oxygen atoms in total. The Kier molecular flexibility index (Phi) is 3.05. The summed E-state index contributed by atoms with van der Waals surface area (Å²) in [7, 11) is 0. The van der Waals surface area contributed by atoms with Crippen LogP contribution in [-0.2, 0) is 0 Å². The van der Waals surface area contributed by atoms with Crippen LogP contribution >= 0.6 is 0 Å². The van der Waals surface area contributed by atoms with E-state index in [4.69, 9.17) is 4.74 Å². The molecule has 0 bridgehead atoms. The molecule has 0 aliphatic heterocycles. The first-order chi connectivity index (χ1) is 10.9. The molecule has 0 radical (unpaired) electrons. The van der Waals surface area contributed by atoms with Crippen molar-refractivity contribution in [3.05, 3.63) is 79.1 Å². The number of para-hydroxylation sites is 1. The van der Waals surface area contributed by atoms with E-state index in [1.54, 1.807) is 6.20 Å². The number of nitrogens with zero attached hydrogens (tertiary/aromatic N) is 3. The molecule has 2 heterocycles. The Balaban J connectivity index is 1.73. The van der Waals surface area contributed by atoms with Crippen molar-refractivity contribution in [2.45, 2.75) is 0 Å². The molecule has 0 saturated carbocycles. The summed E-state index contributed by atoms with van der Waals surface area (Å²) in [5.41, 5.74) is 1.85. The first-order valence-corrected chi connectivity index (χ1v) is 7.02. The van der Waals surface area contributed by atoms with Crippen LogP contribution in [0.5, 0.6) is 11.6 Å². The van der Waals surface area contributed by atoms with Crippen molar-refractivity contribution < 1.29 is 4.74 Å². The SMILES string of the molecule is c1ccc(Oc2ccc3ccc(-n4cccn4)cc3n2)cc1. The molecule has 2 aromatic heterocycles. The van der Waals surface area contributed by atoms with Crippen molar-refractivity contribution in [1.29, 1.82) is 0 Å². The lowest BCUT2D eigenvalue weighted by Gasteiger charge is -2.07. The number of hydrogen-bond acceptors (Lipinski definition) is 3. The third-order valence-corrected chi connectivity index (χ3v) is 3.38. The highest BCUT2D eigenvalue weighted by atomic mass is 16.5. The van der Waals surface area contributed by atoms with Gasteiger partial charge in [0.25, 0.3) is 0 Å². The molecule has 0 aliphatic carbocycles. The van der Waals surface area contributed by atoms with Gasteiger partial charge in [0.1, 0.15) is 5.75 Å². The minimum absolute atomic E-state index is 0.580. The monoisotopic (exact) mass is 287 g/mol. The van der Waals surface area contributed by atoms with E-state index in [1.165, 1.54) is 0 Å². The third-order valence-electron chi connectivity index (χ3n) is 3.38. The molecule has 4 rings (SSSR count). The van der Waals surface area contributed by atoms with Crippen molar-refractivity contribution in [3.63, 3.8) is 0 Å². The normalized spacial score (nSPS) is 10.7. The molecule has 0 unspecified atom stereocenters. The van der Waals surface area contributed by atoms with Gasteiger partial charge in [-0.2, -0.15) is 5.10 Å². The first kappa shape index (κ1) is 12.6. The molecule has 0 amide bonds. The van der Waals surface area contributed by atoms with Crippen molar-refractivity contribution in [1.82, 2.24) is 14.8 Å². The Morgan fingerprint density at radius 1 is 0.864 bits per heavy atom. The molecular formula is C18H13N3O. The summed E-state index contributed by atoms with van der Waals surface area (Å²) >= 11 is 0. The zero-order chi connectivity index (χ0) is 14.8. The van der Waals surface area contributed by atoms with E-state index in [-0.39, 0.29) is 0 Å². The molecular weight excluding hydrogens is 274 g/mol. The molecule has 0 N–H and O–H groups in total. The Bertz CT molecular complexity index is 902. The summed E-state index contributed by atoms with van der Waals surface area (Å²) in [6.07, 6.45) is 3.66. The second-order valence-electron chi connectivity index (χ2n) is 4.89. The van der Waals surface area contributed by atoms with E-state index < -0.39 is 0 Å². The fraction of sp³-hybridized carbons (Fsp3) is 0. The van der Waals surface area contributed by atoms with Gasteiger partial charge in [0.2, 0.25) is 5.88 Å². The standard InChI is InChI=1S/C18H13N3O/c1-2-5-16(6-3-1)22-18-10-8-14-7-9-15(13-17(14)20-18)21-12-4-11-19-21/h1-13H. The van der Waals surface area contributed by atoms with Crippen LogP contribution in [-0.4, -0.2) is 14.8 Å². The number of aromatic nitrogens is 3.